The lowest BCUT2D eigenvalue weighted by Crippen LogP contribution is -2.54. The van der Waals surface area contributed by atoms with Crippen LogP contribution in [-0.2, 0) is 28.7 Å². The zero-order valence-electron chi connectivity index (χ0n) is 36.7. The summed E-state index contributed by atoms with van der Waals surface area (Å²) in [6.07, 6.45) is 6.97. The van der Waals surface area contributed by atoms with E-state index in [1.807, 2.05) is 37.3 Å². The molecule has 1 unspecified atom stereocenters. The minimum Gasteiger partial charge on any atom is -0.490 e. The van der Waals surface area contributed by atoms with Crippen molar-refractivity contribution < 1.29 is 52.2 Å². The number of nitrogens with one attached hydrogen (secondary N) is 3. The largest absolute Gasteiger partial charge is 0.490 e. The van der Waals surface area contributed by atoms with Gasteiger partial charge in [-0.3, -0.25) is 48.8 Å². The van der Waals surface area contributed by atoms with E-state index < -0.39 is 42.2 Å². The maximum absolute atomic E-state index is 14.0. The maximum Gasteiger partial charge on any atom is 0.266 e. The van der Waals surface area contributed by atoms with E-state index >= 15 is 0 Å². The Morgan fingerprint density at radius 3 is 2.42 bits per heavy atom. The topological polar surface area (TPSA) is 203 Å². The molecule has 17 heteroatoms. The molecular weight excluding hydrogens is 852 g/mol. The van der Waals surface area contributed by atoms with E-state index in [4.69, 9.17) is 14.2 Å². The number of halogens is 1. The number of carbonyl (C=O) groups is 7. The van der Waals surface area contributed by atoms with E-state index in [0.717, 1.165) is 47.0 Å². The zero-order chi connectivity index (χ0) is 46.3. The highest BCUT2D eigenvalue weighted by Crippen LogP contribution is 2.41. The van der Waals surface area contributed by atoms with Crippen molar-refractivity contribution in [2.75, 3.05) is 44.8 Å². The SMILES string of the molecule is C[C@@H](C(=O)Nc1ccc(OC2CCN(C(=O)CCOCCNC(=O)COc3cccc4c3C(=O)N(C3CCC(=O)NC3=O)C4=O)CC2)cc1)C1CCC(c2ccnc3ccc(F)cc23)CC1. The Labute approximate surface area is 380 Å². The summed E-state index contributed by atoms with van der Waals surface area (Å²) in [5.74, 6) is -2.30. The van der Waals surface area contributed by atoms with Crippen LogP contribution in [0.3, 0.4) is 0 Å². The number of fused-ring (bicyclic) bond motifs is 2. The molecule has 16 nitrogen and oxygen atoms in total. The van der Waals surface area contributed by atoms with Crippen LogP contribution < -0.4 is 25.4 Å². The van der Waals surface area contributed by atoms with Crippen molar-refractivity contribution in [3.05, 3.63) is 95.4 Å². The first-order valence-corrected chi connectivity index (χ1v) is 22.6. The van der Waals surface area contributed by atoms with Gasteiger partial charge in [0.2, 0.25) is 23.6 Å². The first-order chi connectivity index (χ1) is 31.9. The number of imide groups is 2. The van der Waals surface area contributed by atoms with Gasteiger partial charge in [0.1, 0.15) is 29.5 Å². The summed E-state index contributed by atoms with van der Waals surface area (Å²) in [6, 6.07) is 17.4. The number of aromatic nitrogens is 1. The van der Waals surface area contributed by atoms with Crippen LogP contribution >= 0.6 is 0 Å². The fourth-order valence-electron chi connectivity index (χ4n) is 9.41. The van der Waals surface area contributed by atoms with Crippen LogP contribution in [0.2, 0.25) is 0 Å². The fourth-order valence-corrected chi connectivity index (χ4v) is 9.41. The number of pyridine rings is 1. The first kappa shape index (κ1) is 45.8. The third-order valence-corrected chi connectivity index (χ3v) is 13.1. The first-order valence-electron chi connectivity index (χ1n) is 22.6. The minimum absolute atomic E-state index is 0.00416. The number of benzene rings is 3. The van der Waals surface area contributed by atoms with E-state index in [9.17, 15) is 38.0 Å². The third-order valence-electron chi connectivity index (χ3n) is 13.1. The van der Waals surface area contributed by atoms with E-state index in [1.165, 1.54) is 24.3 Å². The molecule has 0 bridgehead atoms. The molecule has 4 aliphatic rings. The summed E-state index contributed by atoms with van der Waals surface area (Å²) in [5.41, 5.74) is 2.62. The van der Waals surface area contributed by atoms with Crippen molar-refractivity contribution in [2.45, 2.75) is 82.8 Å². The fraction of sp³-hybridized carbons (Fsp3) is 0.429. The van der Waals surface area contributed by atoms with Gasteiger partial charge in [-0.2, -0.15) is 0 Å². The van der Waals surface area contributed by atoms with E-state index in [0.29, 0.717) is 43.3 Å². The Balaban J connectivity index is 0.683. The van der Waals surface area contributed by atoms with E-state index in [-0.39, 0.29) is 91.5 Å². The molecule has 346 valence electrons. The van der Waals surface area contributed by atoms with Crippen molar-refractivity contribution in [2.24, 2.45) is 11.8 Å². The Hall–Kier alpha value is -6.75. The van der Waals surface area contributed by atoms with Gasteiger partial charge in [-0.1, -0.05) is 13.0 Å². The van der Waals surface area contributed by atoms with Gasteiger partial charge in [0, 0.05) is 62.1 Å². The standard InChI is InChI=1S/C49H53FN6O10/c1-29(30-5-7-31(8-6-30)36-17-21-51-39-14-9-32(50)27-38(36)39)46(60)53-33-10-12-34(13-11-33)66-35-18-23-55(24-19-35)44(59)20-25-64-26-22-52-43(58)28-65-41-4-2-3-37-45(41)49(63)56(48(37)62)40-15-16-42(57)54-47(40)61/h2-4,9-14,17,21,27,29-31,35,40H,5-8,15-16,18-20,22-26,28H2,1H3,(H,52,58)(H,53,60)(H,54,57,61)/t29-,30?,31?,40?/m1/s1. The second-order valence-corrected chi connectivity index (χ2v) is 17.3. The summed E-state index contributed by atoms with van der Waals surface area (Å²) < 4.78 is 31.4. The van der Waals surface area contributed by atoms with Gasteiger partial charge < -0.3 is 29.7 Å². The highest BCUT2D eigenvalue weighted by molar-refractivity contribution is 6.24. The number of nitrogens with zero attached hydrogens (tertiary/aromatic N) is 3. The molecule has 66 heavy (non-hydrogen) atoms. The second kappa shape index (κ2) is 20.6. The van der Waals surface area contributed by atoms with Crippen LogP contribution in [0.1, 0.15) is 96.9 Å². The van der Waals surface area contributed by atoms with Crippen molar-refractivity contribution in [1.29, 1.82) is 0 Å². The Morgan fingerprint density at radius 2 is 1.67 bits per heavy atom. The molecule has 4 heterocycles. The smallest absolute Gasteiger partial charge is 0.266 e. The number of amides is 7. The van der Waals surface area contributed by atoms with Crippen molar-refractivity contribution in [1.82, 2.24) is 25.4 Å². The molecule has 7 amide bonds. The summed E-state index contributed by atoms with van der Waals surface area (Å²) in [4.78, 5) is 95.9. The van der Waals surface area contributed by atoms with Gasteiger partial charge in [0.15, 0.2) is 6.61 Å². The number of hydrogen-bond donors (Lipinski definition) is 3. The van der Waals surface area contributed by atoms with Gasteiger partial charge in [0.05, 0.1) is 36.3 Å². The molecule has 3 aromatic carbocycles. The zero-order valence-corrected chi connectivity index (χ0v) is 36.7. The van der Waals surface area contributed by atoms with Gasteiger partial charge in [-0.25, -0.2) is 4.39 Å². The molecule has 2 atom stereocenters. The number of piperidine rings is 2. The van der Waals surface area contributed by atoms with E-state index in [2.05, 4.69) is 20.9 Å². The maximum atomic E-state index is 14.0. The lowest BCUT2D eigenvalue weighted by Gasteiger charge is -2.32. The number of rotatable bonds is 16. The Morgan fingerprint density at radius 1 is 0.894 bits per heavy atom. The average molecular weight is 905 g/mol. The van der Waals surface area contributed by atoms with Gasteiger partial charge in [0.25, 0.3) is 17.7 Å². The summed E-state index contributed by atoms with van der Waals surface area (Å²) in [5, 5.41) is 8.74. The van der Waals surface area contributed by atoms with Crippen LogP contribution in [0, 0.1) is 17.7 Å². The summed E-state index contributed by atoms with van der Waals surface area (Å²) in [6.45, 7) is 3.11. The van der Waals surface area contributed by atoms with Crippen LogP contribution in [0.15, 0.2) is 72.9 Å². The highest BCUT2D eigenvalue weighted by atomic mass is 19.1. The number of hydrogen-bond acceptors (Lipinski definition) is 11. The van der Waals surface area contributed by atoms with Crippen LogP contribution in [-0.4, -0.2) is 108 Å². The molecule has 0 spiro atoms. The molecule has 1 saturated carbocycles. The van der Waals surface area contributed by atoms with Crippen LogP contribution in [0.4, 0.5) is 10.1 Å². The van der Waals surface area contributed by atoms with Crippen LogP contribution in [0.25, 0.3) is 10.9 Å². The molecule has 8 rings (SSSR count). The van der Waals surface area contributed by atoms with Crippen molar-refractivity contribution >= 4 is 57.9 Å². The molecule has 4 aromatic rings. The minimum atomic E-state index is -1.12. The highest BCUT2D eigenvalue weighted by Gasteiger charge is 2.46. The molecule has 3 aliphatic heterocycles. The molecule has 3 fully saturated rings. The van der Waals surface area contributed by atoms with Gasteiger partial charge in [-0.05, 0) is 110 Å². The normalized spacial score (nSPS) is 20.4. The summed E-state index contributed by atoms with van der Waals surface area (Å²) in [7, 11) is 0. The average Bonchev–Trinajstić information content (AvgIpc) is 3.58. The number of anilines is 1. The predicted octanol–water partition coefficient (Wildman–Crippen LogP) is 5.30. The second-order valence-electron chi connectivity index (χ2n) is 17.3. The van der Waals surface area contributed by atoms with Crippen molar-refractivity contribution in [3.63, 3.8) is 0 Å². The molecule has 1 aliphatic carbocycles. The lowest BCUT2D eigenvalue weighted by atomic mass is 9.73. The lowest BCUT2D eigenvalue weighted by molar-refractivity contribution is -0.136. The molecule has 3 N–H and O–H groups in total. The quantitative estimate of drug-likeness (QED) is 0.0974. The predicted molar refractivity (Wildman–Crippen MR) is 238 cm³/mol. The number of carbonyl (C=O) groups excluding carboxylic acids is 7. The molecule has 2 saturated heterocycles. The molecule has 0 radical (unpaired) electrons. The van der Waals surface area contributed by atoms with Gasteiger partial charge in [-0.15, -0.1) is 0 Å². The number of ether oxygens (including phenoxy) is 3. The third kappa shape index (κ3) is 10.5. The van der Waals surface area contributed by atoms with Crippen LogP contribution in [0.5, 0.6) is 11.5 Å². The molecular formula is C49H53FN6O10. The van der Waals surface area contributed by atoms with E-state index in [1.54, 1.807) is 23.2 Å². The number of likely N-dealkylation sites (tertiary alicyclic amines) is 1. The monoisotopic (exact) mass is 904 g/mol. The van der Waals surface area contributed by atoms with Crippen molar-refractivity contribution in [3.8, 4) is 11.5 Å². The Kier molecular flexibility index (Phi) is 14.3. The van der Waals surface area contributed by atoms with Gasteiger partial charge >= 0.3 is 0 Å². The summed E-state index contributed by atoms with van der Waals surface area (Å²) >= 11 is 0. The Bertz CT molecular complexity index is 2500. The molecule has 1 aromatic heterocycles.